The molecule has 0 aliphatic carbocycles. The molecule has 2 heteroatoms. The number of hydroxylamine groups is 1. The van der Waals surface area contributed by atoms with Crippen LogP contribution in [0, 0.1) is 5.21 Å². The van der Waals surface area contributed by atoms with Crippen LogP contribution in [0.1, 0.15) is 6.92 Å². The summed E-state index contributed by atoms with van der Waals surface area (Å²) in [6.45, 7) is 1.77. The average Bonchev–Trinajstić information content (AvgIpc) is 1.41. The maximum atomic E-state index is 9.19. The Bertz CT molecular complexity index is 33.9. The van der Waals surface area contributed by atoms with Gasteiger partial charge in [0.25, 0.3) is 0 Å². The molecule has 0 bridgehead atoms. The second kappa shape index (κ2) is 3.50. The minimum absolute atomic E-state index is 1.32. The van der Waals surface area contributed by atoms with Crippen molar-refractivity contribution in [3.05, 3.63) is 17.5 Å². The lowest BCUT2D eigenvalue weighted by atomic mass is 10.7. The highest BCUT2D eigenvalue weighted by Crippen LogP contribution is 1.54. The lowest BCUT2D eigenvalue weighted by Gasteiger charge is -1.95. The van der Waals surface area contributed by atoms with Crippen molar-refractivity contribution < 1.29 is 0 Å². The normalized spacial score (nSPS) is 9.20. The summed E-state index contributed by atoms with van der Waals surface area (Å²) in [5.74, 6) is 0. The molecule has 2 nitrogen and oxygen atoms in total. The Labute approximate surface area is 31.1 Å². The van der Waals surface area contributed by atoms with Gasteiger partial charge in [0, 0.05) is 0 Å². The fourth-order valence-electron chi connectivity index (χ4n) is 0.0680. The zero-order valence-electron chi connectivity index (χ0n) is 3.06. The van der Waals surface area contributed by atoms with Gasteiger partial charge in [-0.15, -0.1) is 0 Å². The van der Waals surface area contributed by atoms with Gasteiger partial charge in [-0.3, -0.25) is 0 Å². The van der Waals surface area contributed by atoms with Gasteiger partial charge in [-0.05, 0) is 13.1 Å². The predicted octanol–water partition coefficient (Wildman–Crippen LogP) is 0.607. The lowest BCUT2D eigenvalue weighted by molar-refractivity contribution is 1.21. The molecule has 0 spiro atoms. The van der Waals surface area contributed by atoms with E-state index in [2.05, 4.69) is 0 Å². The Kier molecular flexibility index (Phi) is 3.15. The molecule has 0 saturated carbocycles. The number of hydrogen-bond acceptors (Lipinski definition) is 2. The second-order valence-corrected chi connectivity index (χ2v) is 0.618. The Morgan fingerprint density at radius 3 is 2.40 bits per heavy atom. The van der Waals surface area contributed by atoms with Gasteiger partial charge in [0.05, 0.1) is 0 Å². The third-order valence-corrected chi connectivity index (χ3v) is 0.235. The van der Waals surface area contributed by atoms with E-state index in [-0.39, 0.29) is 0 Å². The van der Waals surface area contributed by atoms with Crippen LogP contribution in [0.15, 0.2) is 12.3 Å². The summed E-state index contributed by atoms with van der Waals surface area (Å²) in [4.78, 5) is 0. The van der Waals surface area contributed by atoms with Crippen LogP contribution < -0.4 is 5.48 Å². The standard InChI is InChI=1S/C3H6NO/c1-2-3-4-5/h2-4H,1H3/q-1. The maximum absolute atomic E-state index is 9.19. The zero-order chi connectivity index (χ0) is 4.12. The topological polar surface area (TPSA) is 35.1 Å². The lowest BCUT2D eigenvalue weighted by Crippen LogP contribution is -1.84. The van der Waals surface area contributed by atoms with E-state index >= 15 is 0 Å². The largest absolute Gasteiger partial charge is 0.761 e. The van der Waals surface area contributed by atoms with E-state index in [9.17, 15) is 5.21 Å². The van der Waals surface area contributed by atoms with Gasteiger partial charge in [-0.25, -0.2) is 0 Å². The summed E-state index contributed by atoms with van der Waals surface area (Å²) in [5, 5.41) is 9.19. The Hall–Kier alpha value is -0.500. The van der Waals surface area contributed by atoms with E-state index in [1.807, 2.05) is 0 Å². The predicted molar refractivity (Wildman–Crippen MR) is 21.3 cm³/mol. The van der Waals surface area contributed by atoms with Crippen molar-refractivity contribution in [3.63, 3.8) is 0 Å². The SMILES string of the molecule is CC=CN[O-]. The Morgan fingerprint density at radius 1 is 1.80 bits per heavy atom. The molecule has 0 fully saturated rings. The van der Waals surface area contributed by atoms with Crippen molar-refractivity contribution in [1.29, 1.82) is 0 Å². The van der Waals surface area contributed by atoms with Crippen LogP contribution in [0.4, 0.5) is 0 Å². The van der Waals surface area contributed by atoms with Gasteiger partial charge in [-0.2, -0.15) is 0 Å². The monoisotopic (exact) mass is 72.0 g/mol. The van der Waals surface area contributed by atoms with Crippen molar-refractivity contribution in [3.8, 4) is 0 Å². The fraction of sp³-hybridized carbons (Fsp3) is 0.333. The molecule has 5 heavy (non-hydrogen) atoms. The van der Waals surface area contributed by atoms with Crippen molar-refractivity contribution in [2.45, 2.75) is 6.92 Å². The molecule has 0 aromatic carbocycles. The summed E-state index contributed by atoms with van der Waals surface area (Å²) in [7, 11) is 0. The molecule has 0 aromatic rings. The number of hydrogen-bond donors (Lipinski definition) is 1. The highest BCUT2D eigenvalue weighted by atomic mass is 16.5. The van der Waals surface area contributed by atoms with Crippen molar-refractivity contribution in [2.75, 3.05) is 0 Å². The molecule has 0 rings (SSSR count). The van der Waals surface area contributed by atoms with Crippen LogP contribution in [-0.4, -0.2) is 0 Å². The molecule has 30 valence electrons. The molecule has 0 aliphatic rings. The average molecular weight is 72.1 g/mol. The van der Waals surface area contributed by atoms with Crippen molar-refractivity contribution in [1.82, 2.24) is 5.48 Å². The molecule has 0 heterocycles. The van der Waals surface area contributed by atoms with Crippen LogP contribution >= 0.6 is 0 Å². The summed E-state index contributed by atoms with van der Waals surface area (Å²) < 4.78 is 0. The van der Waals surface area contributed by atoms with Crippen LogP contribution in [0.5, 0.6) is 0 Å². The van der Waals surface area contributed by atoms with E-state index < -0.39 is 0 Å². The van der Waals surface area contributed by atoms with E-state index in [4.69, 9.17) is 0 Å². The molecule has 1 N–H and O–H groups in total. The van der Waals surface area contributed by atoms with Crippen LogP contribution in [-0.2, 0) is 0 Å². The maximum Gasteiger partial charge on any atom is -0.0187 e. The third kappa shape index (κ3) is 3.50. The summed E-state index contributed by atoms with van der Waals surface area (Å²) >= 11 is 0. The molecule has 0 aliphatic heterocycles. The molecular weight excluding hydrogens is 66.0 g/mol. The first kappa shape index (κ1) is 4.50. The van der Waals surface area contributed by atoms with Gasteiger partial charge < -0.3 is 10.7 Å². The van der Waals surface area contributed by atoms with Gasteiger partial charge >= 0.3 is 0 Å². The summed E-state index contributed by atoms with van der Waals surface area (Å²) in [6, 6.07) is 0. The van der Waals surface area contributed by atoms with Crippen molar-refractivity contribution in [2.24, 2.45) is 0 Å². The van der Waals surface area contributed by atoms with Gasteiger partial charge in [0.2, 0.25) is 0 Å². The van der Waals surface area contributed by atoms with Crippen LogP contribution in [0.25, 0.3) is 0 Å². The van der Waals surface area contributed by atoms with E-state index in [1.165, 1.54) is 6.20 Å². The zero-order valence-corrected chi connectivity index (χ0v) is 3.06. The minimum atomic E-state index is 1.32. The third-order valence-electron chi connectivity index (χ3n) is 0.235. The first-order valence-electron chi connectivity index (χ1n) is 1.40. The first-order chi connectivity index (χ1) is 2.41. The smallest absolute Gasteiger partial charge is 0.0187 e. The minimum Gasteiger partial charge on any atom is -0.761 e. The molecule has 0 saturated heterocycles. The molecule has 0 unspecified atom stereocenters. The van der Waals surface area contributed by atoms with Gasteiger partial charge in [-0.1, -0.05) is 6.08 Å². The van der Waals surface area contributed by atoms with Crippen LogP contribution in [0.2, 0.25) is 0 Å². The summed E-state index contributed by atoms with van der Waals surface area (Å²) in [6.07, 6.45) is 2.95. The van der Waals surface area contributed by atoms with Gasteiger partial charge in [0.15, 0.2) is 0 Å². The summed E-state index contributed by atoms with van der Waals surface area (Å²) in [5.41, 5.74) is 1.59. The second-order valence-electron chi connectivity index (χ2n) is 0.618. The van der Waals surface area contributed by atoms with E-state index in [1.54, 1.807) is 18.5 Å². The molecule has 0 amide bonds. The molecule has 0 radical (unpaired) electrons. The van der Waals surface area contributed by atoms with E-state index in [0.29, 0.717) is 0 Å². The highest BCUT2D eigenvalue weighted by molar-refractivity contribution is 4.72. The van der Waals surface area contributed by atoms with Crippen molar-refractivity contribution >= 4 is 0 Å². The van der Waals surface area contributed by atoms with E-state index in [0.717, 1.165) is 0 Å². The van der Waals surface area contributed by atoms with Gasteiger partial charge in [0.1, 0.15) is 0 Å². The number of allylic oxidation sites excluding steroid dienone is 1. The van der Waals surface area contributed by atoms with Crippen LogP contribution in [0.3, 0.4) is 0 Å². The first-order valence-corrected chi connectivity index (χ1v) is 1.40. The molecule has 0 atom stereocenters. The Balaban J connectivity index is 2.62. The fourth-order valence-corrected chi connectivity index (χ4v) is 0.0680. The quantitative estimate of drug-likeness (QED) is 0.460. The molecular formula is C3H6NO-. The number of rotatable bonds is 1. The molecule has 0 aromatic heterocycles. The highest BCUT2D eigenvalue weighted by Gasteiger charge is 1.38. The number of nitrogens with one attached hydrogen (secondary N) is 1. The Morgan fingerprint density at radius 2 is 2.40 bits per heavy atom.